The molecule has 1 N–H and O–H groups in total. The molecule has 98 valence electrons. The molecule has 0 spiro atoms. The summed E-state index contributed by atoms with van der Waals surface area (Å²) in [7, 11) is 0. The van der Waals surface area contributed by atoms with Gasteiger partial charge in [0, 0.05) is 24.2 Å². The van der Waals surface area contributed by atoms with Crippen LogP contribution in [0.25, 0.3) is 0 Å². The highest BCUT2D eigenvalue weighted by molar-refractivity contribution is 7.09. The van der Waals surface area contributed by atoms with Gasteiger partial charge in [-0.2, -0.15) is 0 Å². The van der Waals surface area contributed by atoms with Crippen LogP contribution in [0.2, 0.25) is 0 Å². The van der Waals surface area contributed by atoms with E-state index >= 15 is 0 Å². The van der Waals surface area contributed by atoms with Crippen LogP contribution in [0.4, 0.5) is 4.79 Å². The van der Waals surface area contributed by atoms with Gasteiger partial charge in [-0.25, -0.2) is 9.78 Å². The van der Waals surface area contributed by atoms with Crippen LogP contribution >= 0.6 is 11.3 Å². The average Bonchev–Trinajstić information content (AvgIpc) is 3.11. The Balaban J connectivity index is 1.65. The molecule has 1 aliphatic heterocycles. The maximum Gasteiger partial charge on any atom is 0.318 e. The Morgan fingerprint density at radius 2 is 2.17 bits per heavy atom. The van der Waals surface area contributed by atoms with E-state index in [0.29, 0.717) is 6.04 Å². The van der Waals surface area contributed by atoms with Crippen molar-refractivity contribution in [3.63, 3.8) is 0 Å². The smallest absolute Gasteiger partial charge is 0.318 e. The first kappa shape index (κ1) is 12.0. The SMILES string of the molecule is O=C(NC1CCCC1)N1CCCC1c1nccs1. The minimum atomic E-state index is 0.111. The number of amides is 2. The summed E-state index contributed by atoms with van der Waals surface area (Å²) in [5.74, 6) is 0. The number of thiazole rings is 1. The predicted octanol–water partition coefficient (Wildman–Crippen LogP) is 2.93. The van der Waals surface area contributed by atoms with Gasteiger partial charge in [-0.3, -0.25) is 0 Å². The normalized spacial score (nSPS) is 24.7. The van der Waals surface area contributed by atoms with Gasteiger partial charge < -0.3 is 10.2 Å². The summed E-state index contributed by atoms with van der Waals surface area (Å²) in [5.41, 5.74) is 0. The second-order valence-electron chi connectivity index (χ2n) is 5.15. The molecule has 2 amide bonds. The van der Waals surface area contributed by atoms with E-state index in [0.717, 1.165) is 37.2 Å². The Morgan fingerprint density at radius 3 is 2.89 bits per heavy atom. The van der Waals surface area contributed by atoms with Gasteiger partial charge in [0.15, 0.2) is 0 Å². The highest BCUT2D eigenvalue weighted by Crippen LogP contribution is 2.33. The maximum atomic E-state index is 12.3. The predicted molar refractivity (Wildman–Crippen MR) is 71.6 cm³/mol. The zero-order valence-corrected chi connectivity index (χ0v) is 11.3. The molecule has 1 aromatic heterocycles. The number of nitrogens with one attached hydrogen (secondary N) is 1. The number of likely N-dealkylation sites (tertiary alicyclic amines) is 1. The Hall–Kier alpha value is -1.10. The van der Waals surface area contributed by atoms with Crippen LogP contribution in [-0.2, 0) is 0 Å². The Bertz CT molecular complexity index is 400. The van der Waals surface area contributed by atoms with Gasteiger partial charge in [-0.15, -0.1) is 11.3 Å². The second kappa shape index (κ2) is 5.26. The highest BCUT2D eigenvalue weighted by atomic mass is 32.1. The molecular weight excluding hydrogens is 246 g/mol. The van der Waals surface area contributed by atoms with E-state index in [9.17, 15) is 4.79 Å². The number of hydrogen-bond acceptors (Lipinski definition) is 3. The molecule has 2 fully saturated rings. The summed E-state index contributed by atoms with van der Waals surface area (Å²) in [6.07, 6.45) is 8.74. The number of carbonyl (C=O) groups is 1. The molecule has 2 heterocycles. The molecule has 1 atom stereocenters. The fourth-order valence-corrected chi connectivity index (χ4v) is 3.78. The summed E-state index contributed by atoms with van der Waals surface area (Å²) >= 11 is 1.65. The Kier molecular flexibility index (Phi) is 3.50. The molecule has 0 aromatic carbocycles. The molecule has 18 heavy (non-hydrogen) atoms. The molecule has 5 heteroatoms. The lowest BCUT2D eigenvalue weighted by atomic mass is 10.2. The van der Waals surface area contributed by atoms with E-state index in [1.54, 1.807) is 11.3 Å². The quantitative estimate of drug-likeness (QED) is 0.893. The molecule has 1 saturated carbocycles. The van der Waals surface area contributed by atoms with E-state index in [4.69, 9.17) is 0 Å². The molecule has 0 bridgehead atoms. The van der Waals surface area contributed by atoms with Crippen molar-refractivity contribution in [2.75, 3.05) is 6.54 Å². The molecule has 0 radical (unpaired) electrons. The molecule has 1 aliphatic carbocycles. The summed E-state index contributed by atoms with van der Waals surface area (Å²) in [6.45, 7) is 0.864. The molecule has 3 rings (SSSR count). The topological polar surface area (TPSA) is 45.2 Å². The average molecular weight is 265 g/mol. The first-order chi connectivity index (χ1) is 8.84. The fraction of sp³-hybridized carbons (Fsp3) is 0.692. The summed E-state index contributed by atoms with van der Waals surface area (Å²) in [6, 6.07) is 0.709. The first-order valence-corrected chi connectivity index (χ1v) is 7.69. The molecule has 1 saturated heterocycles. The van der Waals surface area contributed by atoms with Gasteiger partial charge in [0.2, 0.25) is 0 Å². The summed E-state index contributed by atoms with van der Waals surface area (Å²) in [4.78, 5) is 18.6. The van der Waals surface area contributed by atoms with Crippen molar-refractivity contribution in [3.05, 3.63) is 16.6 Å². The van der Waals surface area contributed by atoms with Crippen molar-refractivity contribution < 1.29 is 4.79 Å². The third-order valence-electron chi connectivity index (χ3n) is 3.93. The van der Waals surface area contributed by atoms with Gasteiger partial charge in [-0.05, 0) is 25.7 Å². The van der Waals surface area contributed by atoms with Gasteiger partial charge >= 0.3 is 6.03 Å². The van der Waals surface area contributed by atoms with Crippen molar-refractivity contribution in [2.24, 2.45) is 0 Å². The van der Waals surface area contributed by atoms with Crippen LogP contribution in [0.3, 0.4) is 0 Å². The monoisotopic (exact) mass is 265 g/mol. The number of hydrogen-bond donors (Lipinski definition) is 1. The van der Waals surface area contributed by atoms with E-state index < -0.39 is 0 Å². The van der Waals surface area contributed by atoms with Crippen molar-refractivity contribution >= 4 is 17.4 Å². The Labute approximate surface area is 111 Å². The van der Waals surface area contributed by atoms with Gasteiger partial charge in [-0.1, -0.05) is 12.8 Å². The summed E-state index contributed by atoms with van der Waals surface area (Å²) < 4.78 is 0. The lowest BCUT2D eigenvalue weighted by molar-refractivity contribution is 0.189. The van der Waals surface area contributed by atoms with E-state index in [2.05, 4.69) is 10.3 Å². The van der Waals surface area contributed by atoms with Crippen molar-refractivity contribution in [2.45, 2.75) is 50.6 Å². The van der Waals surface area contributed by atoms with Crippen LogP contribution in [0.1, 0.15) is 49.6 Å². The standard InChI is InChI=1S/C13H19N3OS/c17-13(15-10-4-1-2-5-10)16-8-3-6-11(16)12-14-7-9-18-12/h7,9-11H,1-6,8H2,(H,15,17). The largest absolute Gasteiger partial charge is 0.335 e. The third kappa shape index (κ3) is 2.36. The van der Waals surface area contributed by atoms with Gasteiger partial charge in [0.05, 0.1) is 6.04 Å². The molecule has 1 unspecified atom stereocenters. The zero-order valence-electron chi connectivity index (χ0n) is 10.5. The minimum Gasteiger partial charge on any atom is -0.335 e. The van der Waals surface area contributed by atoms with Crippen molar-refractivity contribution in [3.8, 4) is 0 Å². The van der Waals surface area contributed by atoms with Gasteiger partial charge in [0.25, 0.3) is 0 Å². The lowest BCUT2D eigenvalue weighted by Crippen LogP contribution is -2.43. The van der Waals surface area contributed by atoms with Crippen LogP contribution < -0.4 is 5.32 Å². The first-order valence-electron chi connectivity index (χ1n) is 6.81. The van der Waals surface area contributed by atoms with E-state index in [1.807, 2.05) is 16.5 Å². The van der Waals surface area contributed by atoms with E-state index in [1.165, 1.54) is 12.8 Å². The van der Waals surface area contributed by atoms with Crippen LogP contribution in [0.5, 0.6) is 0 Å². The summed E-state index contributed by atoms with van der Waals surface area (Å²) in [5, 5.41) is 6.24. The lowest BCUT2D eigenvalue weighted by Gasteiger charge is -2.25. The zero-order chi connectivity index (χ0) is 12.4. The third-order valence-corrected chi connectivity index (χ3v) is 4.81. The Morgan fingerprint density at radius 1 is 1.33 bits per heavy atom. The van der Waals surface area contributed by atoms with Crippen LogP contribution in [0.15, 0.2) is 11.6 Å². The highest BCUT2D eigenvalue weighted by Gasteiger charge is 2.32. The maximum absolute atomic E-state index is 12.3. The molecular formula is C13H19N3OS. The molecule has 2 aliphatic rings. The molecule has 1 aromatic rings. The fourth-order valence-electron chi connectivity index (χ4n) is 2.99. The van der Waals surface area contributed by atoms with Gasteiger partial charge in [0.1, 0.15) is 5.01 Å². The van der Waals surface area contributed by atoms with Crippen molar-refractivity contribution in [1.29, 1.82) is 0 Å². The number of urea groups is 1. The van der Waals surface area contributed by atoms with Crippen LogP contribution in [-0.4, -0.2) is 28.5 Å². The molecule has 4 nitrogen and oxygen atoms in total. The number of carbonyl (C=O) groups excluding carboxylic acids is 1. The number of nitrogens with zero attached hydrogens (tertiary/aromatic N) is 2. The second-order valence-corrected chi connectivity index (χ2v) is 6.08. The van der Waals surface area contributed by atoms with Crippen molar-refractivity contribution in [1.82, 2.24) is 15.2 Å². The number of rotatable bonds is 2. The van der Waals surface area contributed by atoms with E-state index in [-0.39, 0.29) is 12.1 Å². The minimum absolute atomic E-state index is 0.111. The number of aromatic nitrogens is 1. The van der Waals surface area contributed by atoms with Crippen LogP contribution in [0, 0.1) is 0 Å².